The van der Waals surface area contributed by atoms with Crippen molar-refractivity contribution in [1.29, 1.82) is 0 Å². The third kappa shape index (κ3) is 2.68. The van der Waals surface area contributed by atoms with Gasteiger partial charge >= 0.3 is 0 Å². The Bertz CT molecular complexity index is 875. The van der Waals surface area contributed by atoms with Crippen LogP contribution >= 0.6 is 0 Å². The van der Waals surface area contributed by atoms with Crippen LogP contribution in [0.4, 0.5) is 0 Å². The molecule has 0 unspecified atom stereocenters. The summed E-state index contributed by atoms with van der Waals surface area (Å²) in [5, 5.41) is 13.4. The van der Waals surface area contributed by atoms with Gasteiger partial charge in [-0.15, -0.1) is 0 Å². The van der Waals surface area contributed by atoms with Gasteiger partial charge in [0.15, 0.2) is 11.5 Å². The summed E-state index contributed by atoms with van der Waals surface area (Å²) < 4.78 is 11.0. The predicted molar refractivity (Wildman–Crippen MR) is 82.5 cm³/mol. The molecule has 1 aliphatic rings. The quantitative estimate of drug-likeness (QED) is 0.768. The topological polar surface area (TPSA) is 89.1 Å². The summed E-state index contributed by atoms with van der Waals surface area (Å²) in [6, 6.07) is 10.8. The third-order valence-electron chi connectivity index (χ3n) is 3.64. The second-order valence-corrected chi connectivity index (χ2v) is 5.19. The van der Waals surface area contributed by atoms with E-state index in [1.54, 1.807) is 18.2 Å². The Morgan fingerprint density at radius 2 is 1.87 bits per heavy atom. The van der Waals surface area contributed by atoms with Crippen molar-refractivity contribution in [3.63, 3.8) is 0 Å². The Hall–Kier alpha value is -3.09. The molecule has 0 bridgehead atoms. The summed E-state index contributed by atoms with van der Waals surface area (Å²) in [5.74, 6) is 1.29. The fourth-order valence-electron chi connectivity index (χ4n) is 2.46. The average Bonchev–Trinajstić information content (AvgIpc) is 3.07. The summed E-state index contributed by atoms with van der Waals surface area (Å²) in [5.41, 5.74) is 2.89. The number of aromatic amines is 1. The van der Waals surface area contributed by atoms with Crippen LogP contribution in [0.3, 0.4) is 0 Å². The van der Waals surface area contributed by atoms with Gasteiger partial charge in [-0.1, -0.05) is 6.07 Å². The molecule has 7 heteroatoms. The molecule has 0 saturated heterocycles. The van der Waals surface area contributed by atoms with Crippen molar-refractivity contribution in [2.24, 2.45) is 0 Å². The largest absolute Gasteiger partial charge is 0.486 e. The second kappa shape index (κ2) is 5.60. The van der Waals surface area contributed by atoms with E-state index in [4.69, 9.17) is 9.47 Å². The molecule has 0 aliphatic carbocycles. The van der Waals surface area contributed by atoms with E-state index < -0.39 is 0 Å². The lowest BCUT2D eigenvalue weighted by Crippen LogP contribution is -2.23. The van der Waals surface area contributed by atoms with Gasteiger partial charge in [-0.25, -0.2) is 0 Å². The standard InChI is InChI=1S/C16H14N4O3/c21-16(11-2-3-12-13(8-11)19-20-18-12)17-9-10-1-4-14-15(7-10)23-6-5-22-14/h1-4,7-8H,5-6,9H2,(H,17,21)(H,18,19,20). The van der Waals surface area contributed by atoms with Gasteiger partial charge in [0.2, 0.25) is 0 Å². The van der Waals surface area contributed by atoms with Crippen LogP contribution in [0.2, 0.25) is 0 Å². The van der Waals surface area contributed by atoms with Crippen molar-refractivity contribution in [3.8, 4) is 11.5 Å². The molecule has 0 spiro atoms. The zero-order valence-electron chi connectivity index (χ0n) is 12.2. The molecule has 0 radical (unpaired) electrons. The molecule has 0 fully saturated rings. The molecule has 1 aliphatic heterocycles. The van der Waals surface area contributed by atoms with Crippen LogP contribution in [0.5, 0.6) is 11.5 Å². The number of fused-ring (bicyclic) bond motifs is 2. The van der Waals surface area contributed by atoms with Crippen LogP contribution < -0.4 is 14.8 Å². The molecule has 116 valence electrons. The maximum absolute atomic E-state index is 12.2. The van der Waals surface area contributed by atoms with E-state index in [9.17, 15) is 4.79 Å². The first-order valence-corrected chi connectivity index (χ1v) is 7.27. The molecule has 0 saturated carbocycles. The predicted octanol–water partition coefficient (Wildman–Crippen LogP) is 1.66. The monoisotopic (exact) mass is 310 g/mol. The van der Waals surface area contributed by atoms with Gasteiger partial charge in [0.05, 0.1) is 0 Å². The Kier molecular flexibility index (Phi) is 3.30. The van der Waals surface area contributed by atoms with E-state index in [2.05, 4.69) is 20.7 Å². The maximum Gasteiger partial charge on any atom is 0.251 e. The van der Waals surface area contributed by atoms with E-state index in [0.29, 0.717) is 36.6 Å². The molecule has 0 atom stereocenters. The minimum Gasteiger partial charge on any atom is -0.486 e. The number of aromatic nitrogens is 3. The minimum absolute atomic E-state index is 0.162. The van der Waals surface area contributed by atoms with Gasteiger partial charge in [-0.3, -0.25) is 4.79 Å². The van der Waals surface area contributed by atoms with E-state index in [1.807, 2.05) is 18.2 Å². The highest BCUT2D eigenvalue weighted by molar-refractivity contribution is 5.97. The molecular weight excluding hydrogens is 296 g/mol. The van der Waals surface area contributed by atoms with Gasteiger partial charge in [-0.2, -0.15) is 15.4 Å². The fraction of sp³-hybridized carbons (Fsp3) is 0.188. The number of ether oxygens (including phenoxy) is 2. The van der Waals surface area contributed by atoms with E-state index in [1.165, 1.54) is 0 Å². The summed E-state index contributed by atoms with van der Waals surface area (Å²) in [7, 11) is 0. The molecule has 23 heavy (non-hydrogen) atoms. The van der Waals surface area contributed by atoms with E-state index in [0.717, 1.165) is 16.8 Å². The normalized spacial score (nSPS) is 13.0. The first kappa shape index (κ1) is 13.6. The van der Waals surface area contributed by atoms with Gasteiger partial charge in [-0.05, 0) is 35.9 Å². The lowest BCUT2D eigenvalue weighted by molar-refractivity contribution is 0.0951. The van der Waals surface area contributed by atoms with Crippen molar-refractivity contribution >= 4 is 16.9 Å². The number of rotatable bonds is 3. The Morgan fingerprint density at radius 3 is 2.78 bits per heavy atom. The zero-order valence-corrected chi connectivity index (χ0v) is 12.2. The lowest BCUT2D eigenvalue weighted by atomic mass is 10.1. The number of hydrogen-bond donors (Lipinski definition) is 2. The van der Waals surface area contributed by atoms with Crippen LogP contribution in [0.15, 0.2) is 36.4 Å². The Balaban J connectivity index is 1.46. The van der Waals surface area contributed by atoms with Gasteiger partial charge in [0, 0.05) is 12.1 Å². The molecule has 2 aromatic carbocycles. The van der Waals surface area contributed by atoms with Crippen molar-refractivity contribution in [3.05, 3.63) is 47.5 Å². The zero-order chi connectivity index (χ0) is 15.6. The number of nitrogens with one attached hydrogen (secondary N) is 2. The number of carbonyl (C=O) groups excluding carboxylic acids is 1. The van der Waals surface area contributed by atoms with E-state index >= 15 is 0 Å². The summed E-state index contributed by atoms with van der Waals surface area (Å²) in [6.07, 6.45) is 0. The van der Waals surface area contributed by atoms with Gasteiger partial charge in [0.1, 0.15) is 24.2 Å². The molecule has 3 aromatic rings. The highest BCUT2D eigenvalue weighted by Gasteiger charge is 2.12. The Morgan fingerprint density at radius 1 is 1.04 bits per heavy atom. The molecule has 4 rings (SSSR count). The number of carbonyl (C=O) groups is 1. The molecular formula is C16H14N4O3. The van der Waals surface area contributed by atoms with E-state index in [-0.39, 0.29) is 5.91 Å². The van der Waals surface area contributed by atoms with Crippen LogP contribution in [0.1, 0.15) is 15.9 Å². The SMILES string of the molecule is O=C(NCc1ccc2c(c1)OCCO2)c1ccc2n[nH]nc2c1. The third-order valence-corrected chi connectivity index (χ3v) is 3.64. The number of amides is 1. The number of H-pyrrole nitrogens is 1. The van der Waals surface area contributed by atoms with Crippen molar-refractivity contribution < 1.29 is 14.3 Å². The molecule has 1 aromatic heterocycles. The highest BCUT2D eigenvalue weighted by atomic mass is 16.6. The highest BCUT2D eigenvalue weighted by Crippen LogP contribution is 2.30. The van der Waals surface area contributed by atoms with Crippen LogP contribution in [0, 0.1) is 0 Å². The lowest BCUT2D eigenvalue weighted by Gasteiger charge is -2.19. The summed E-state index contributed by atoms with van der Waals surface area (Å²) in [6.45, 7) is 1.51. The number of nitrogens with zero attached hydrogens (tertiary/aromatic N) is 2. The number of hydrogen-bond acceptors (Lipinski definition) is 5. The first-order chi connectivity index (χ1) is 11.3. The van der Waals surface area contributed by atoms with Gasteiger partial charge in [0.25, 0.3) is 5.91 Å². The Labute approximate surface area is 131 Å². The van der Waals surface area contributed by atoms with Crippen LogP contribution in [0.25, 0.3) is 11.0 Å². The molecule has 2 heterocycles. The molecule has 7 nitrogen and oxygen atoms in total. The van der Waals surface area contributed by atoms with Crippen LogP contribution in [-0.2, 0) is 6.54 Å². The van der Waals surface area contributed by atoms with Gasteiger partial charge < -0.3 is 14.8 Å². The first-order valence-electron chi connectivity index (χ1n) is 7.27. The van der Waals surface area contributed by atoms with Crippen molar-refractivity contribution in [2.75, 3.05) is 13.2 Å². The number of benzene rings is 2. The second-order valence-electron chi connectivity index (χ2n) is 5.19. The van der Waals surface area contributed by atoms with Crippen molar-refractivity contribution in [2.45, 2.75) is 6.54 Å². The minimum atomic E-state index is -0.162. The van der Waals surface area contributed by atoms with Crippen LogP contribution in [-0.4, -0.2) is 34.5 Å². The maximum atomic E-state index is 12.2. The molecule has 2 N–H and O–H groups in total. The van der Waals surface area contributed by atoms with Crippen molar-refractivity contribution in [1.82, 2.24) is 20.7 Å². The fourth-order valence-corrected chi connectivity index (χ4v) is 2.46. The molecule has 1 amide bonds. The summed E-state index contributed by atoms with van der Waals surface area (Å²) >= 11 is 0. The smallest absolute Gasteiger partial charge is 0.251 e. The summed E-state index contributed by atoms with van der Waals surface area (Å²) in [4.78, 5) is 12.2. The average molecular weight is 310 g/mol.